The second-order valence-corrected chi connectivity index (χ2v) is 12.1. The summed E-state index contributed by atoms with van der Waals surface area (Å²) in [5.41, 5.74) is 1.20. The van der Waals surface area contributed by atoms with Gasteiger partial charge in [0, 0.05) is 5.56 Å². The fourth-order valence-electron chi connectivity index (χ4n) is 4.11. The Hall–Kier alpha value is -5.77. The number of carbonyl (C=O) groups excluding carboxylic acids is 7. The Morgan fingerprint density at radius 2 is 1.14 bits per heavy atom. The molecule has 2 unspecified atom stereocenters. The van der Waals surface area contributed by atoms with E-state index < -0.39 is 113 Å². The van der Waals surface area contributed by atoms with Gasteiger partial charge < -0.3 is 42.8 Å². The van der Waals surface area contributed by atoms with E-state index in [9.17, 15) is 42.9 Å². The number of rotatable bonds is 17. The maximum Gasteiger partial charge on any atom is 0.320 e. The summed E-state index contributed by atoms with van der Waals surface area (Å²) < 4.78 is 52.4. The average Bonchev–Trinajstić information content (AvgIpc) is 3.04. The fourth-order valence-corrected chi connectivity index (χ4v) is 6.69. The zero-order chi connectivity index (χ0) is 36.0. The first kappa shape index (κ1) is 37.7. The molecule has 3 rings (SSSR count). The number of ether oxygens (including phenoxy) is 7. The van der Waals surface area contributed by atoms with Crippen LogP contribution in [0.1, 0.15) is 25.7 Å². The van der Waals surface area contributed by atoms with Gasteiger partial charge in [-0.1, -0.05) is 36.4 Å². The molecule has 49 heavy (non-hydrogen) atoms. The predicted octanol–water partition coefficient (Wildman–Crippen LogP) is 1.22. The van der Waals surface area contributed by atoms with E-state index >= 15 is 0 Å². The number of carboxylic acids is 1. The quantitative estimate of drug-likeness (QED) is 0.0797. The molecule has 2 aromatic rings. The van der Waals surface area contributed by atoms with Crippen LogP contribution in [0.15, 0.2) is 48.5 Å². The van der Waals surface area contributed by atoms with Gasteiger partial charge >= 0.3 is 47.8 Å². The lowest BCUT2D eigenvalue weighted by atomic mass is 10.0. The molecule has 0 spiro atoms. The molecule has 0 radical (unpaired) electrons. The van der Waals surface area contributed by atoms with E-state index in [1.807, 2.05) is 0 Å². The molecule has 0 fully saturated rings. The molecular formula is C30H29O18P. The standard InChI is InChI=1S/C30H29O18P/c1-41-24(33)12-27(36)43-16-45-29(38)13-28(37)44-15-42-25(34)10-18(30(39)47-17-46-26(35)11-23(31)32)14-49(40)22-9-5-3-7-20(22)19-6-2-4-8-21(19)48-49/h2-9,18H,10-17H2,1H3,(H,31,32). The van der Waals surface area contributed by atoms with Gasteiger partial charge in [0.1, 0.15) is 25.0 Å². The van der Waals surface area contributed by atoms with Gasteiger partial charge in [0.2, 0.25) is 20.4 Å². The third-order valence-corrected chi connectivity index (χ3v) is 8.84. The lowest BCUT2D eigenvalue weighted by Gasteiger charge is -2.30. The first-order valence-electron chi connectivity index (χ1n) is 14.0. The van der Waals surface area contributed by atoms with E-state index in [0.717, 1.165) is 7.11 Å². The topological polar surface area (TPSA) is 248 Å². The highest BCUT2D eigenvalue weighted by atomic mass is 31.2. The van der Waals surface area contributed by atoms with Crippen LogP contribution in [0.2, 0.25) is 0 Å². The maximum atomic E-state index is 14.3. The molecule has 262 valence electrons. The van der Waals surface area contributed by atoms with Gasteiger partial charge in [-0.05, 0) is 17.7 Å². The molecule has 18 nitrogen and oxygen atoms in total. The highest BCUT2D eigenvalue weighted by molar-refractivity contribution is 7.67. The molecule has 0 amide bonds. The third-order valence-electron chi connectivity index (χ3n) is 6.30. The largest absolute Gasteiger partial charge is 0.481 e. The summed E-state index contributed by atoms with van der Waals surface area (Å²) in [6, 6.07) is 13.3. The van der Waals surface area contributed by atoms with Gasteiger partial charge in [0.05, 0.1) is 30.9 Å². The number of benzene rings is 2. The number of fused-ring (bicyclic) bond motifs is 3. The van der Waals surface area contributed by atoms with Crippen molar-refractivity contribution in [3.63, 3.8) is 0 Å². The van der Waals surface area contributed by atoms with Crippen LogP contribution in [-0.4, -0.2) is 86.5 Å². The number of aliphatic carboxylic acids is 1. The molecule has 0 bridgehead atoms. The van der Waals surface area contributed by atoms with Gasteiger partial charge in [-0.15, -0.1) is 0 Å². The molecule has 0 aliphatic carbocycles. The third kappa shape index (κ3) is 11.8. The summed E-state index contributed by atoms with van der Waals surface area (Å²) in [6.45, 7) is -2.94. The Morgan fingerprint density at radius 3 is 1.73 bits per heavy atom. The SMILES string of the molecule is COC(=O)CC(=O)OCOC(=O)CC(=O)OCOC(=O)CC(CP1(=O)Oc2ccccc2-c2ccccc21)C(=O)OCOC(=O)CC(=O)O. The maximum absolute atomic E-state index is 14.3. The van der Waals surface area contributed by atoms with Crippen LogP contribution in [0, 0.1) is 5.92 Å². The van der Waals surface area contributed by atoms with Gasteiger partial charge in [0.25, 0.3) is 7.37 Å². The highest BCUT2D eigenvalue weighted by Gasteiger charge is 2.41. The van der Waals surface area contributed by atoms with Crippen LogP contribution in [0.5, 0.6) is 5.75 Å². The van der Waals surface area contributed by atoms with Crippen molar-refractivity contribution in [2.45, 2.75) is 25.7 Å². The molecular weight excluding hydrogens is 679 g/mol. The predicted molar refractivity (Wildman–Crippen MR) is 157 cm³/mol. The smallest absolute Gasteiger partial charge is 0.320 e. The average molecular weight is 709 g/mol. The van der Waals surface area contributed by atoms with Crippen molar-refractivity contribution in [2.24, 2.45) is 5.92 Å². The van der Waals surface area contributed by atoms with Crippen molar-refractivity contribution in [2.75, 3.05) is 33.7 Å². The Bertz CT molecular complexity index is 1650. The Balaban J connectivity index is 1.60. The molecule has 2 atom stereocenters. The first-order valence-corrected chi connectivity index (χ1v) is 15.8. The Labute approximate surface area is 276 Å². The van der Waals surface area contributed by atoms with Crippen molar-refractivity contribution < 1.29 is 85.7 Å². The van der Waals surface area contributed by atoms with Gasteiger partial charge in [-0.3, -0.25) is 42.9 Å². The minimum absolute atomic E-state index is 0.256. The van der Waals surface area contributed by atoms with Crippen LogP contribution in [0.4, 0.5) is 0 Å². The van der Waals surface area contributed by atoms with Crippen molar-refractivity contribution in [1.29, 1.82) is 0 Å². The number of carboxylic acid groups (broad SMARTS) is 1. The summed E-state index contributed by atoms with van der Waals surface area (Å²) in [5, 5.41) is 8.94. The van der Waals surface area contributed by atoms with Crippen LogP contribution in [0.3, 0.4) is 0 Å². The molecule has 1 aliphatic heterocycles. The lowest BCUT2D eigenvalue weighted by Crippen LogP contribution is -2.31. The van der Waals surface area contributed by atoms with E-state index in [-0.39, 0.29) is 11.1 Å². The summed E-state index contributed by atoms with van der Waals surface area (Å²) in [4.78, 5) is 93.9. The van der Waals surface area contributed by atoms with E-state index in [1.54, 1.807) is 42.5 Å². The van der Waals surface area contributed by atoms with Crippen LogP contribution >= 0.6 is 7.37 Å². The number of methoxy groups -OCH3 is 1. The monoisotopic (exact) mass is 708 g/mol. The first-order chi connectivity index (χ1) is 23.3. The summed E-state index contributed by atoms with van der Waals surface area (Å²) in [5.74, 6) is -10.6. The summed E-state index contributed by atoms with van der Waals surface area (Å²) >= 11 is 0. The second-order valence-electron chi connectivity index (χ2n) is 9.76. The highest BCUT2D eigenvalue weighted by Crippen LogP contribution is 2.55. The van der Waals surface area contributed by atoms with Crippen molar-refractivity contribution in [1.82, 2.24) is 0 Å². The fraction of sp³-hybridized carbons (Fsp3) is 0.333. The zero-order valence-electron chi connectivity index (χ0n) is 25.7. The van der Waals surface area contributed by atoms with Crippen molar-refractivity contribution in [3.05, 3.63) is 48.5 Å². The molecule has 1 N–H and O–H groups in total. The van der Waals surface area contributed by atoms with Crippen molar-refractivity contribution >= 4 is 60.4 Å². The summed E-state index contributed by atoms with van der Waals surface area (Å²) in [6.07, 6.45) is -4.11. The lowest BCUT2D eigenvalue weighted by molar-refractivity contribution is -0.178. The normalized spacial score (nSPS) is 14.6. The number of carbonyl (C=O) groups is 8. The van der Waals surface area contributed by atoms with Crippen molar-refractivity contribution in [3.8, 4) is 16.9 Å². The van der Waals surface area contributed by atoms with E-state index in [0.29, 0.717) is 11.1 Å². The minimum Gasteiger partial charge on any atom is -0.481 e. The van der Waals surface area contributed by atoms with E-state index in [1.165, 1.54) is 6.07 Å². The van der Waals surface area contributed by atoms with Gasteiger partial charge in [0.15, 0.2) is 0 Å². The number of esters is 7. The van der Waals surface area contributed by atoms with Crippen LogP contribution in [0.25, 0.3) is 11.1 Å². The van der Waals surface area contributed by atoms with Gasteiger partial charge in [-0.25, -0.2) is 0 Å². The second kappa shape index (κ2) is 18.0. The van der Waals surface area contributed by atoms with E-state index in [2.05, 4.69) is 23.7 Å². The molecule has 0 aromatic heterocycles. The molecule has 2 aromatic carbocycles. The number of hydrogen-bond donors (Lipinski definition) is 1. The minimum atomic E-state index is -3.94. The molecule has 1 heterocycles. The van der Waals surface area contributed by atoms with Crippen LogP contribution < -0.4 is 9.83 Å². The van der Waals surface area contributed by atoms with E-state index in [4.69, 9.17) is 19.1 Å². The molecule has 1 aliphatic rings. The summed E-state index contributed by atoms with van der Waals surface area (Å²) in [7, 11) is -2.89. The Kier molecular flexibility index (Phi) is 13.8. The van der Waals surface area contributed by atoms with Gasteiger partial charge in [-0.2, -0.15) is 0 Å². The molecule has 0 saturated heterocycles. The molecule has 0 saturated carbocycles. The zero-order valence-corrected chi connectivity index (χ0v) is 26.6. The number of hydrogen-bond acceptors (Lipinski definition) is 17. The Morgan fingerprint density at radius 1 is 0.653 bits per heavy atom. The van der Waals surface area contributed by atoms with Crippen LogP contribution in [-0.2, 0) is 76.1 Å². The molecule has 19 heteroatoms. The number of para-hydroxylation sites is 1.